The molecule has 1 heterocycles. The smallest absolute Gasteiger partial charge is 0.164 e. The third-order valence-electron chi connectivity index (χ3n) is 2.38. The van der Waals surface area contributed by atoms with Crippen LogP contribution in [0.2, 0.25) is 0 Å². The SMILES string of the molecule is COc1ccc(OCc2ncnn2C)c(N)c1. The minimum atomic E-state index is 0.326. The van der Waals surface area contributed by atoms with Crippen molar-refractivity contribution >= 4 is 5.69 Å². The van der Waals surface area contributed by atoms with Gasteiger partial charge in [-0.25, -0.2) is 4.98 Å². The van der Waals surface area contributed by atoms with Crippen LogP contribution in [0.4, 0.5) is 5.69 Å². The molecule has 17 heavy (non-hydrogen) atoms. The van der Waals surface area contributed by atoms with Crippen molar-refractivity contribution in [3.8, 4) is 11.5 Å². The molecule has 0 bridgehead atoms. The first-order valence-corrected chi connectivity index (χ1v) is 5.10. The second kappa shape index (κ2) is 4.73. The molecular formula is C11H14N4O2. The van der Waals surface area contributed by atoms with E-state index in [4.69, 9.17) is 15.2 Å². The van der Waals surface area contributed by atoms with Gasteiger partial charge in [0, 0.05) is 13.1 Å². The summed E-state index contributed by atoms with van der Waals surface area (Å²) in [5, 5.41) is 3.95. The number of aromatic nitrogens is 3. The molecule has 0 amide bonds. The number of ether oxygens (including phenoxy) is 2. The van der Waals surface area contributed by atoms with Crippen molar-refractivity contribution in [3.63, 3.8) is 0 Å². The molecular weight excluding hydrogens is 220 g/mol. The fourth-order valence-electron chi connectivity index (χ4n) is 1.38. The van der Waals surface area contributed by atoms with E-state index in [-0.39, 0.29) is 0 Å². The highest BCUT2D eigenvalue weighted by Crippen LogP contribution is 2.26. The average molecular weight is 234 g/mol. The Morgan fingerprint density at radius 2 is 2.24 bits per heavy atom. The molecule has 0 saturated carbocycles. The Kier molecular flexibility index (Phi) is 3.13. The molecule has 0 aliphatic heterocycles. The van der Waals surface area contributed by atoms with E-state index < -0.39 is 0 Å². The molecule has 2 aromatic rings. The van der Waals surface area contributed by atoms with E-state index in [2.05, 4.69) is 10.1 Å². The summed E-state index contributed by atoms with van der Waals surface area (Å²) in [5.41, 5.74) is 6.36. The van der Waals surface area contributed by atoms with E-state index in [0.717, 1.165) is 5.82 Å². The Morgan fingerprint density at radius 1 is 1.41 bits per heavy atom. The van der Waals surface area contributed by atoms with E-state index in [1.165, 1.54) is 6.33 Å². The van der Waals surface area contributed by atoms with Crippen molar-refractivity contribution < 1.29 is 9.47 Å². The Labute approximate surface area is 99.0 Å². The van der Waals surface area contributed by atoms with Crippen LogP contribution < -0.4 is 15.2 Å². The first-order chi connectivity index (χ1) is 8.20. The zero-order valence-corrected chi connectivity index (χ0v) is 9.75. The number of aryl methyl sites for hydroxylation is 1. The zero-order valence-electron chi connectivity index (χ0n) is 9.75. The van der Waals surface area contributed by atoms with E-state index in [0.29, 0.717) is 23.8 Å². The summed E-state index contributed by atoms with van der Waals surface area (Å²) in [4.78, 5) is 4.06. The molecule has 0 fully saturated rings. The Balaban J connectivity index is 2.07. The van der Waals surface area contributed by atoms with Crippen molar-refractivity contribution in [2.24, 2.45) is 7.05 Å². The van der Waals surface area contributed by atoms with Crippen LogP contribution >= 0.6 is 0 Å². The van der Waals surface area contributed by atoms with Crippen LogP contribution in [0.1, 0.15) is 5.82 Å². The molecule has 90 valence electrons. The summed E-state index contributed by atoms with van der Waals surface area (Å²) in [6.07, 6.45) is 1.48. The topological polar surface area (TPSA) is 75.2 Å². The van der Waals surface area contributed by atoms with E-state index in [9.17, 15) is 0 Å². The lowest BCUT2D eigenvalue weighted by molar-refractivity contribution is 0.291. The maximum absolute atomic E-state index is 5.83. The second-order valence-corrected chi connectivity index (χ2v) is 3.49. The standard InChI is InChI=1S/C11H14N4O2/c1-15-11(13-7-14-15)6-17-10-4-3-8(16-2)5-9(10)12/h3-5,7H,6,12H2,1-2H3. The van der Waals surface area contributed by atoms with Gasteiger partial charge in [0.05, 0.1) is 12.8 Å². The van der Waals surface area contributed by atoms with Crippen LogP contribution in [-0.2, 0) is 13.7 Å². The quantitative estimate of drug-likeness (QED) is 0.798. The number of benzene rings is 1. The first-order valence-electron chi connectivity index (χ1n) is 5.10. The summed E-state index contributed by atoms with van der Waals surface area (Å²) in [6, 6.07) is 5.28. The van der Waals surface area contributed by atoms with Gasteiger partial charge in [0.1, 0.15) is 24.4 Å². The summed E-state index contributed by atoms with van der Waals surface area (Å²) >= 11 is 0. The Morgan fingerprint density at radius 3 is 2.82 bits per heavy atom. The predicted molar refractivity (Wildman–Crippen MR) is 62.7 cm³/mol. The lowest BCUT2D eigenvalue weighted by atomic mass is 10.3. The molecule has 6 heteroatoms. The van der Waals surface area contributed by atoms with E-state index in [1.807, 2.05) is 7.05 Å². The van der Waals surface area contributed by atoms with Crippen molar-refractivity contribution in [1.29, 1.82) is 0 Å². The minimum Gasteiger partial charge on any atom is -0.497 e. The molecule has 2 N–H and O–H groups in total. The number of methoxy groups -OCH3 is 1. The molecule has 0 saturated heterocycles. The lowest BCUT2D eigenvalue weighted by Gasteiger charge is -2.09. The molecule has 1 aromatic carbocycles. The van der Waals surface area contributed by atoms with Crippen molar-refractivity contribution in [2.45, 2.75) is 6.61 Å². The summed E-state index contributed by atoms with van der Waals surface area (Å²) in [6.45, 7) is 0.326. The highest BCUT2D eigenvalue weighted by Gasteiger charge is 2.05. The zero-order chi connectivity index (χ0) is 12.3. The lowest BCUT2D eigenvalue weighted by Crippen LogP contribution is -2.05. The Hall–Kier alpha value is -2.24. The number of hydrogen-bond acceptors (Lipinski definition) is 5. The summed E-state index contributed by atoms with van der Waals surface area (Å²) < 4.78 is 12.3. The number of hydrogen-bond donors (Lipinski definition) is 1. The molecule has 6 nitrogen and oxygen atoms in total. The van der Waals surface area contributed by atoms with Crippen LogP contribution in [-0.4, -0.2) is 21.9 Å². The van der Waals surface area contributed by atoms with E-state index >= 15 is 0 Å². The largest absolute Gasteiger partial charge is 0.497 e. The Bertz CT molecular complexity index is 510. The minimum absolute atomic E-state index is 0.326. The molecule has 0 spiro atoms. The molecule has 2 rings (SSSR count). The van der Waals surface area contributed by atoms with Crippen LogP contribution in [0.5, 0.6) is 11.5 Å². The van der Waals surface area contributed by atoms with Crippen LogP contribution in [0.3, 0.4) is 0 Å². The number of nitrogens with two attached hydrogens (primary N) is 1. The van der Waals surface area contributed by atoms with Crippen LogP contribution in [0.15, 0.2) is 24.5 Å². The average Bonchev–Trinajstić information content (AvgIpc) is 2.73. The van der Waals surface area contributed by atoms with Gasteiger partial charge in [0.15, 0.2) is 5.82 Å². The van der Waals surface area contributed by atoms with Crippen LogP contribution in [0, 0.1) is 0 Å². The third-order valence-corrected chi connectivity index (χ3v) is 2.38. The predicted octanol–water partition coefficient (Wildman–Crippen LogP) is 0.985. The van der Waals surface area contributed by atoms with Gasteiger partial charge < -0.3 is 15.2 Å². The first kappa shape index (κ1) is 11.3. The molecule has 0 aliphatic carbocycles. The normalized spacial score (nSPS) is 10.2. The molecule has 0 aliphatic rings. The molecule has 0 unspecified atom stereocenters. The number of anilines is 1. The fourth-order valence-corrected chi connectivity index (χ4v) is 1.38. The molecule has 0 atom stereocenters. The summed E-state index contributed by atoms with van der Waals surface area (Å²) in [7, 11) is 3.40. The van der Waals surface area contributed by atoms with Crippen molar-refractivity contribution in [2.75, 3.05) is 12.8 Å². The monoisotopic (exact) mass is 234 g/mol. The highest BCUT2D eigenvalue weighted by atomic mass is 16.5. The molecule has 0 radical (unpaired) electrons. The number of nitrogens with zero attached hydrogens (tertiary/aromatic N) is 3. The maximum Gasteiger partial charge on any atom is 0.164 e. The second-order valence-electron chi connectivity index (χ2n) is 3.49. The molecule has 1 aromatic heterocycles. The van der Waals surface area contributed by atoms with Gasteiger partial charge in [-0.3, -0.25) is 4.68 Å². The van der Waals surface area contributed by atoms with Crippen molar-refractivity contribution in [1.82, 2.24) is 14.8 Å². The van der Waals surface area contributed by atoms with Crippen LogP contribution in [0.25, 0.3) is 0 Å². The van der Waals surface area contributed by atoms with Gasteiger partial charge in [-0.15, -0.1) is 0 Å². The van der Waals surface area contributed by atoms with E-state index in [1.54, 1.807) is 30.0 Å². The number of rotatable bonds is 4. The van der Waals surface area contributed by atoms with Gasteiger partial charge in [-0.2, -0.15) is 5.10 Å². The van der Waals surface area contributed by atoms with Gasteiger partial charge in [-0.1, -0.05) is 0 Å². The van der Waals surface area contributed by atoms with Gasteiger partial charge in [0.25, 0.3) is 0 Å². The fraction of sp³-hybridized carbons (Fsp3) is 0.273. The van der Waals surface area contributed by atoms with Gasteiger partial charge in [-0.05, 0) is 12.1 Å². The summed E-state index contributed by atoms with van der Waals surface area (Å²) in [5.74, 6) is 2.04. The van der Waals surface area contributed by atoms with Crippen molar-refractivity contribution in [3.05, 3.63) is 30.4 Å². The maximum atomic E-state index is 5.83. The number of nitrogen functional groups attached to an aromatic ring is 1. The third kappa shape index (κ3) is 2.47. The van der Waals surface area contributed by atoms with Gasteiger partial charge >= 0.3 is 0 Å². The highest BCUT2D eigenvalue weighted by molar-refractivity contribution is 5.56. The van der Waals surface area contributed by atoms with Gasteiger partial charge in [0.2, 0.25) is 0 Å².